The van der Waals surface area contributed by atoms with E-state index in [4.69, 9.17) is 0 Å². The van der Waals surface area contributed by atoms with Gasteiger partial charge in [-0.3, -0.25) is 0 Å². The lowest BCUT2D eigenvalue weighted by atomic mass is 9.92. The van der Waals surface area contributed by atoms with Crippen LogP contribution < -0.4 is 0 Å². The number of allylic oxidation sites excluding steroid dienone is 1. The molecule has 0 aliphatic carbocycles. The molecule has 0 aromatic rings. The first-order chi connectivity index (χ1) is 8.85. The van der Waals surface area contributed by atoms with Gasteiger partial charge in [-0.1, -0.05) is 90.6 Å². The lowest BCUT2D eigenvalue weighted by Crippen LogP contribution is -1.99. The molecule has 0 saturated carbocycles. The predicted molar refractivity (Wildman–Crippen MR) is 85.1 cm³/mol. The summed E-state index contributed by atoms with van der Waals surface area (Å²) in [7, 11) is 0. The highest BCUT2D eigenvalue weighted by Gasteiger charge is 2.06. The van der Waals surface area contributed by atoms with Crippen LogP contribution in [0.3, 0.4) is 0 Å². The van der Waals surface area contributed by atoms with Gasteiger partial charge >= 0.3 is 0 Å². The number of rotatable bonds is 14. The summed E-state index contributed by atoms with van der Waals surface area (Å²) < 4.78 is 0. The smallest absolute Gasteiger partial charge is 0.0351 e. The Morgan fingerprint density at radius 3 is 1.89 bits per heavy atom. The van der Waals surface area contributed by atoms with Gasteiger partial charge in [-0.15, -0.1) is 6.58 Å². The molecule has 0 N–H and O–H groups in total. The van der Waals surface area contributed by atoms with Gasteiger partial charge in [-0.2, -0.15) is 0 Å². The van der Waals surface area contributed by atoms with Gasteiger partial charge in [0.25, 0.3) is 0 Å². The van der Waals surface area contributed by atoms with Crippen molar-refractivity contribution in [3.05, 3.63) is 12.7 Å². The van der Waals surface area contributed by atoms with Crippen LogP contribution in [0.2, 0.25) is 0 Å². The quantitative estimate of drug-likeness (QED) is 0.233. The van der Waals surface area contributed by atoms with Crippen LogP contribution >= 0.6 is 0 Å². The third kappa shape index (κ3) is 12.2. The van der Waals surface area contributed by atoms with Gasteiger partial charge in [0.05, 0.1) is 0 Å². The summed E-state index contributed by atoms with van der Waals surface area (Å²) in [5, 5.41) is 0. The molecular weight excluding hydrogens is 216 g/mol. The minimum Gasteiger partial charge on any atom is -0.103 e. The van der Waals surface area contributed by atoms with Crippen molar-refractivity contribution in [2.45, 2.75) is 97.3 Å². The molecule has 0 fully saturated rings. The summed E-state index contributed by atoms with van der Waals surface area (Å²) in [6.45, 7) is 8.44. The standard InChI is InChI=1S/C18H36/c1-4-7-9-10-11-12-13-14-17-18(15-6-3)16-8-5-2/h5,18H,2,4,6-17H2,1,3H3. The third-order valence-electron chi connectivity index (χ3n) is 3.94. The molecule has 0 aliphatic rings. The molecule has 1 unspecified atom stereocenters. The molecule has 0 aromatic heterocycles. The van der Waals surface area contributed by atoms with Crippen molar-refractivity contribution in [1.29, 1.82) is 0 Å². The Hall–Kier alpha value is -0.260. The first-order valence-electron chi connectivity index (χ1n) is 8.46. The Kier molecular flexibility index (Phi) is 14.6. The fraction of sp³-hybridized carbons (Fsp3) is 0.889. The van der Waals surface area contributed by atoms with E-state index in [1.165, 1.54) is 83.5 Å². The van der Waals surface area contributed by atoms with Crippen LogP contribution in [0, 0.1) is 5.92 Å². The van der Waals surface area contributed by atoms with Crippen LogP contribution in [-0.4, -0.2) is 0 Å². The Bertz CT molecular complexity index is 159. The van der Waals surface area contributed by atoms with Gasteiger partial charge in [-0.25, -0.2) is 0 Å². The van der Waals surface area contributed by atoms with E-state index in [9.17, 15) is 0 Å². The Balaban J connectivity index is 3.34. The van der Waals surface area contributed by atoms with E-state index in [-0.39, 0.29) is 0 Å². The molecule has 0 radical (unpaired) electrons. The monoisotopic (exact) mass is 252 g/mol. The molecule has 18 heavy (non-hydrogen) atoms. The van der Waals surface area contributed by atoms with Crippen molar-refractivity contribution < 1.29 is 0 Å². The number of hydrogen-bond donors (Lipinski definition) is 0. The zero-order valence-electron chi connectivity index (χ0n) is 13.1. The molecule has 0 heteroatoms. The van der Waals surface area contributed by atoms with E-state index in [1.54, 1.807) is 0 Å². The van der Waals surface area contributed by atoms with E-state index in [0.29, 0.717) is 0 Å². The summed E-state index contributed by atoms with van der Waals surface area (Å²) in [6, 6.07) is 0. The van der Waals surface area contributed by atoms with Crippen LogP contribution in [0.25, 0.3) is 0 Å². The van der Waals surface area contributed by atoms with Crippen LogP contribution in [0.5, 0.6) is 0 Å². The molecule has 0 nitrogen and oxygen atoms in total. The van der Waals surface area contributed by atoms with Crippen LogP contribution in [0.15, 0.2) is 12.7 Å². The van der Waals surface area contributed by atoms with Crippen molar-refractivity contribution in [3.8, 4) is 0 Å². The molecule has 0 rings (SSSR count). The van der Waals surface area contributed by atoms with Crippen LogP contribution in [0.4, 0.5) is 0 Å². The second-order valence-corrected chi connectivity index (χ2v) is 5.78. The number of hydrogen-bond acceptors (Lipinski definition) is 0. The van der Waals surface area contributed by atoms with Gasteiger partial charge in [-0.05, 0) is 18.8 Å². The van der Waals surface area contributed by atoms with Crippen molar-refractivity contribution in [2.24, 2.45) is 5.92 Å². The minimum absolute atomic E-state index is 0.966. The van der Waals surface area contributed by atoms with E-state index in [1.807, 2.05) is 0 Å². The maximum absolute atomic E-state index is 3.84. The lowest BCUT2D eigenvalue weighted by molar-refractivity contribution is 0.396. The fourth-order valence-corrected chi connectivity index (χ4v) is 2.76. The molecule has 0 amide bonds. The van der Waals surface area contributed by atoms with Gasteiger partial charge in [0.15, 0.2) is 0 Å². The second-order valence-electron chi connectivity index (χ2n) is 5.78. The summed E-state index contributed by atoms with van der Waals surface area (Å²) in [5.74, 6) is 0.966. The highest BCUT2D eigenvalue weighted by atomic mass is 14.1. The SMILES string of the molecule is C=CCCC(CCC)CCCCCCCCCC. The van der Waals surface area contributed by atoms with E-state index in [2.05, 4.69) is 26.5 Å². The zero-order chi connectivity index (χ0) is 13.5. The Morgan fingerprint density at radius 1 is 0.722 bits per heavy atom. The molecule has 0 aromatic carbocycles. The molecular formula is C18H36. The van der Waals surface area contributed by atoms with E-state index < -0.39 is 0 Å². The maximum atomic E-state index is 3.84. The largest absolute Gasteiger partial charge is 0.103 e. The van der Waals surface area contributed by atoms with Crippen molar-refractivity contribution in [3.63, 3.8) is 0 Å². The average molecular weight is 252 g/mol. The van der Waals surface area contributed by atoms with Gasteiger partial charge < -0.3 is 0 Å². The van der Waals surface area contributed by atoms with Gasteiger partial charge in [0.1, 0.15) is 0 Å². The molecule has 1 atom stereocenters. The molecule has 0 saturated heterocycles. The van der Waals surface area contributed by atoms with Crippen molar-refractivity contribution >= 4 is 0 Å². The zero-order valence-corrected chi connectivity index (χ0v) is 13.1. The molecule has 0 heterocycles. The molecule has 0 spiro atoms. The Morgan fingerprint density at radius 2 is 1.33 bits per heavy atom. The van der Waals surface area contributed by atoms with Gasteiger partial charge in [0.2, 0.25) is 0 Å². The highest BCUT2D eigenvalue weighted by Crippen LogP contribution is 2.21. The topological polar surface area (TPSA) is 0 Å². The minimum atomic E-state index is 0.966. The fourth-order valence-electron chi connectivity index (χ4n) is 2.76. The predicted octanol–water partition coefficient (Wildman–Crippen LogP) is 6.90. The maximum Gasteiger partial charge on any atom is -0.0351 e. The summed E-state index contributed by atoms with van der Waals surface area (Å²) in [6.07, 6.45) is 20.4. The molecule has 108 valence electrons. The van der Waals surface area contributed by atoms with Crippen molar-refractivity contribution in [1.82, 2.24) is 0 Å². The first-order valence-corrected chi connectivity index (χ1v) is 8.46. The van der Waals surface area contributed by atoms with Crippen LogP contribution in [0.1, 0.15) is 97.3 Å². The van der Waals surface area contributed by atoms with Crippen LogP contribution in [-0.2, 0) is 0 Å². The van der Waals surface area contributed by atoms with E-state index in [0.717, 1.165) is 5.92 Å². The molecule has 0 aliphatic heterocycles. The third-order valence-corrected chi connectivity index (χ3v) is 3.94. The Labute approximate surface area is 116 Å². The number of unbranched alkanes of at least 4 members (excludes halogenated alkanes) is 7. The highest BCUT2D eigenvalue weighted by molar-refractivity contribution is 4.70. The van der Waals surface area contributed by atoms with E-state index >= 15 is 0 Å². The lowest BCUT2D eigenvalue weighted by Gasteiger charge is -2.14. The normalized spacial score (nSPS) is 12.6. The summed E-state index contributed by atoms with van der Waals surface area (Å²) >= 11 is 0. The van der Waals surface area contributed by atoms with Crippen molar-refractivity contribution in [2.75, 3.05) is 0 Å². The second kappa shape index (κ2) is 14.8. The summed E-state index contributed by atoms with van der Waals surface area (Å²) in [5.41, 5.74) is 0. The van der Waals surface area contributed by atoms with Gasteiger partial charge in [0, 0.05) is 0 Å². The summed E-state index contributed by atoms with van der Waals surface area (Å²) in [4.78, 5) is 0. The molecule has 0 bridgehead atoms. The first kappa shape index (κ1) is 17.7. The average Bonchev–Trinajstić information content (AvgIpc) is 2.39.